The molecule has 0 fully saturated rings. The number of hydrogen-bond acceptors (Lipinski definition) is 7. The molecule has 0 aliphatic carbocycles. The number of carbonyl (C=O) groups excluding carboxylic acids is 2. The van der Waals surface area contributed by atoms with E-state index in [1.807, 2.05) is 12.1 Å². The molecule has 0 saturated heterocycles. The molecular formula is C21H19ClN4O4S. The van der Waals surface area contributed by atoms with Crippen LogP contribution in [0.15, 0.2) is 36.5 Å². The Labute approximate surface area is 188 Å². The lowest BCUT2D eigenvalue weighted by molar-refractivity contribution is 0.0593. The Morgan fingerprint density at radius 3 is 2.71 bits per heavy atom. The fourth-order valence-electron chi connectivity index (χ4n) is 3.03. The van der Waals surface area contributed by atoms with Crippen LogP contribution in [0.25, 0.3) is 22.0 Å². The number of thiocarbonyl (C=S) groups is 1. The number of hydrogen-bond donors (Lipinski definition) is 2. The number of pyridine rings is 2. The molecule has 2 N–H and O–H groups in total. The number of fused-ring (bicyclic) bond motifs is 1. The van der Waals surface area contributed by atoms with Crippen LogP contribution < -0.4 is 10.6 Å². The van der Waals surface area contributed by atoms with Gasteiger partial charge in [0.2, 0.25) is 0 Å². The van der Waals surface area contributed by atoms with Gasteiger partial charge in [0.15, 0.2) is 10.8 Å². The number of benzene rings is 1. The first-order valence-electron chi connectivity index (χ1n) is 9.24. The van der Waals surface area contributed by atoms with Crippen LogP contribution in [0.4, 0.5) is 10.6 Å². The number of halogens is 1. The molecule has 0 aliphatic rings. The number of alkyl carbamates (subject to hydrolysis) is 1. The predicted octanol–water partition coefficient (Wildman–Crippen LogP) is 4.49. The van der Waals surface area contributed by atoms with Gasteiger partial charge in [0.1, 0.15) is 5.82 Å². The van der Waals surface area contributed by atoms with Crippen LogP contribution in [-0.4, -0.2) is 40.9 Å². The maximum atomic E-state index is 12.3. The van der Waals surface area contributed by atoms with E-state index in [-0.39, 0.29) is 23.2 Å². The average molecular weight is 459 g/mol. The summed E-state index contributed by atoms with van der Waals surface area (Å²) in [5.74, 6) is -0.396. The third-order valence-electron chi connectivity index (χ3n) is 4.36. The van der Waals surface area contributed by atoms with Gasteiger partial charge in [0.05, 0.1) is 24.6 Å². The lowest BCUT2D eigenvalue weighted by Crippen LogP contribution is -2.35. The second kappa shape index (κ2) is 9.67. The van der Waals surface area contributed by atoms with Crippen molar-refractivity contribution in [2.75, 3.05) is 19.0 Å². The van der Waals surface area contributed by atoms with E-state index in [1.165, 1.54) is 7.11 Å². The molecule has 1 aromatic carbocycles. The lowest BCUT2D eigenvalue weighted by Gasteiger charge is -2.16. The van der Waals surface area contributed by atoms with Gasteiger partial charge in [0, 0.05) is 16.8 Å². The Kier molecular flexibility index (Phi) is 6.98. The summed E-state index contributed by atoms with van der Waals surface area (Å²) in [5.41, 5.74) is 2.72. The molecule has 31 heavy (non-hydrogen) atoms. The van der Waals surface area contributed by atoms with E-state index in [0.717, 1.165) is 11.1 Å². The van der Waals surface area contributed by atoms with E-state index in [2.05, 4.69) is 20.6 Å². The zero-order valence-electron chi connectivity index (χ0n) is 17.0. The summed E-state index contributed by atoms with van der Waals surface area (Å²) in [5, 5.41) is 6.39. The number of aryl methyl sites for hydroxylation is 1. The highest BCUT2D eigenvalue weighted by Gasteiger charge is 2.21. The zero-order chi connectivity index (χ0) is 22.5. The number of ether oxygens (including phenoxy) is 2. The van der Waals surface area contributed by atoms with Crippen LogP contribution in [0.2, 0.25) is 5.02 Å². The first kappa shape index (κ1) is 22.4. The molecule has 0 saturated carbocycles. The average Bonchev–Trinajstić information content (AvgIpc) is 2.74. The van der Waals surface area contributed by atoms with Crippen LogP contribution in [0.1, 0.15) is 23.0 Å². The van der Waals surface area contributed by atoms with Crippen molar-refractivity contribution in [2.24, 2.45) is 0 Å². The summed E-state index contributed by atoms with van der Waals surface area (Å²) in [6, 6.07) is 9.10. The highest BCUT2D eigenvalue weighted by atomic mass is 35.5. The summed E-state index contributed by atoms with van der Waals surface area (Å²) in [6.45, 7) is 3.60. The van der Waals surface area contributed by atoms with Gasteiger partial charge in [-0.2, -0.15) is 0 Å². The van der Waals surface area contributed by atoms with E-state index >= 15 is 0 Å². The molecule has 3 aromatic rings. The Hall–Kier alpha value is -3.30. The first-order chi connectivity index (χ1) is 14.8. The number of nitrogens with zero attached hydrogens (tertiary/aromatic N) is 2. The predicted molar refractivity (Wildman–Crippen MR) is 122 cm³/mol. The number of nitrogens with one attached hydrogen (secondary N) is 2. The van der Waals surface area contributed by atoms with E-state index in [1.54, 1.807) is 38.2 Å². The molecule has 0 unspecified atom stereocenters. The molecule has 3 rings (SSSR count). The topological polar surface area (TPSA) is 102 Å². The molecule has 10 heteroatoms. The van der Waals surface area contributed by atoms with Gasteiger partial charge in [-0.25, -0.2) is 14.6 Å². The van der Waals surface area contributed by atoms with Gasteiger partial charge in [-0.1, -0.05) is 23.7 Å². The van der Waals surface area contributed by atoms with Crippen LogP contribution >= 0.6 is 23.8 Å². The number of rotatable bonds is 4. The highest BCUT2D eigenvalue weighted by Crippen LogP contribution is 2.35. The Morgan fingerprint density at radius 2 is 2.03 bits per heavy atom. The maximum absolute atomic E-state index is 12.3. The van der Waals surface area contributed by atoms with Crippen molar-refractivity contribution < 1.29 is 19.1 Å². The number of anilines is 1. The Balaban J connectivity index is 2.21. The van der Waals surface area contributed by atoms with Crippen LogP contribution in [-0.2, 0) is 9.47 Å². The first-order valence-corrected chi connectivity index (χ1v) is 10.0. The van der Waals surface area contributed by atoms with Crippen LogP contribution in [0.3, 0.4) is 0 Å². The second-order valence-electron chi connectivity index (χ2n) is 6.32. The van der Waals surface area contributed by atoms with Crippen molar-refractivity contribution in [3.05, 3.63) is 52.8 Å². The summed E-state index contributed by atoms with van der Waals surface area (Å²) in [6.07, 6.45) is 0.920. The van der Waals surface area contributed by atoms with Crippen molar-refractivity contribution in [1.82, 2.24) is 15.3 Å². The van der Waals surface area contributed by atoms with Crippen molar-refractivity contribution >= 4 is 57.7 Å². The normalized spacial score (nSPS) is 10.5. The minimum atomic E-state index is -0.710. The molecule has 160 valence electrons. The van der Waals surface area contributed by atoms with Gasteiger partial charge in [0.25, 0.3) is 0 Å². The summed E-state index contributed by atoms with van der Waals surface area (Å²) < 4.78 is 9.70. The zero-order valence-corrected chi connectivity index (χ0v) is 18.6. The maximum Gasteiger partial charge on any atom is 0.413 e. The monoisotopic (exact) mass is 458 g/mol. The van der Waals surface area contributed by atoms with E-state index in [0.29, 0.717) is 21.5 Å². The Morgan fingerprint density at radius 1 is 1.26 bits per heavy atom. The van der Waals surface area contributed by atoms with Gasteiger partial charge in [-0.15, -0.1) is 0 Å². The molecule has 2 heterocycles. The highest BCUT2D eigenvalue weighted by molar-refractivity contribution is 7.80. The van der Waals surface area contributed by atoms with Gasteiger partial charge >= 0.3 is 12.1 Å². The number of methoxy groups -OCH3 is 1. The fraction of sp³-hybridized carbons (Fsp3) is 0.190. The molecule has 0 spiro atoms. The lowest BCUT2D eigenvalue weighted by atomic mass is 9.99. The third kappa shape index (κ3) is 4.89. The van der Waals surface area contributed by atoms with Crippen molar-refractivity contribution in [3.63, 3.8) is 0 Å². The standard InChI is InChI=1S/C21H19ClN4O4S/c1-4-30-21(28)26-20(31)25-18-15-14(12-6-5-7-13(22)10-12)8-9-23-16(15)11(2)17(24-18)19(27)29-3/h5-10H,4H2,1-3H3,(H2,24,25,26,28,31). The van der Waals surface area contributed by atoms with Crippen LogP contribution in [0.5, 0.6) is 0 Å². The van der Waals surface area contributed by atoms with Crippen LogP contribution in [0, 0.1) is 6.92 Å². The molecule has 8 nitrogen and oxygen atoms in total. The van der Waals surface area contributed by atoms with Crippen molar-refractivity contribution in [2.45, 2.75) is 13.8 Å². The number of esters is 1. The van der Waals surface area contributed by atoms with E-state index in [9.17, 15) is 9.59 Å². The minimum Gasteiger partial charge on any atom is -0.464 e. The third-order valence-corrected chi connectivity index (χ3v) is 4.80. The van der Waals surface area contributed by atoms with Gasteiger partial charge in [-0.05, 0) is 55.4 Å². The van der Waals surface area contributed by atoms with E-state index in [4.69, 9.17) is 33.3 Å². The van der Waals surface area contributed by atoms with Gasteiger partial charge < -0.3 is 14.8 Å². The quantitative estimate of drug-likeness (QED) is 0.435. The largest absolute Gasteiger partial charge is 0.464 e. The molecule has 0 aliphatic heterocycles. The molecular weight excluding hydrogens is 440 g/mol. The van der Waals surface area contributed by atoms with Crippen molar-refractivity contribution in [1.29, 1.82) is 0 Å². The van der Waals surface area contributed by atoms with E-state index < -0.39 is 12.1 Å². The number of amides is 1. The molecule has 0 atom stereocenters. The fourth-order valence-corrected chi connectivity index (χ4v) is 3.40. The molecule has 2 aromatic heterocycles. The van der Waals surface area contributed by atoms with Crippen molar-refractivity contribution in [3.8, 4) is 11.1 Å². The number of carbonyl (C=O) groups is 2. The SMILES string of the molecule is CCOC(=O)NC(=S)Nc1nc(C(=O)OC)c(C)c2nccc(-c3cccc(Cl)c3)c12. The summed E-state index contributed by atoms with van der Waals surface area (Å²) in [4.78, 5) is 32.9. The Bertz CT molecular complexity index is 1190. The second-order valence-corrected chi connectivity index (χ2v) is 7.16. The summed E-state index contributed by atoms with van der Waals surface area (Å²) >= 11 is 11.4. The molecule has 0 radical (unpaired) electrons. The molecule has 0 bridgehead atoms. The smallest absolute Gasteiger partial charge is 0.413 e. The number of aromatic nitrogens is 2. The summed E-state index contributed by atoms with van der Waals surface area (Å²) in [7, 11) is 1.27. The van der Waals surface area contributed by atoms with Gasteiger partial charge in [-0.3, -0.25) is 10.3 Å². The molecule has 1 amide bonds. The minimum absolute atomic E-state index is 0.0483.